The predicted octanol–water partition coefficient (Wildman–Crippen LogP) is 2.20. The average Bonchev–Trinajstić information content (AvgIpc) is 2.68. The molecule has 1 aliphatic heterocycles. The molecular weight excluding hydrogens is 336 g/mol. The van der Waals surface area contributed by atoms with Gasteiger partial charge in [0, 0.05) is 10.2 Å². The van der Waals surface area contributed by atoms with Crippen LogP contribution in [0.4, 0.5) is 5.69 Å². The Hall–Kier alpha value is -1.25. The molecule has 1 aromatic carbocycles. The summed E-state index contributed by atoms with van der Waals surface area (Å²) in [7, 11) is -4.33. The Labute approximate surface area is 119 Å². The third-order valence-electron chi connectivity index (χ3n) is 2.64. The molecule has 8 heteroatoms. The Morgan fingerprint density at radius 3 is 2.63 bits per heavy atom. The predicted molar refractivity (Wildman–Crippen MR) is 73.8 cm³/mol. The van der Waals surface area contributed by atoms with Gasteiger partial charge < -0.3 is 0 Å². The summed E-state index contributed by atoms with van der Waals surface area (Å²) < 4.78 is 31.8. The minimum absolute atomic E-state index is 0.226. The Kier molecular flexibility index (Phi) is 3.75. The maximum atomic E-state index is 11.8. The number of nitrogens with zero attached hydrogens (tertiary/aromatic N) is 2. The molecule has 0 radical (unpaired) electrons. The number of hydrazone groups is 1. The number of benzene rings is 1. The molecule has 0 atom stereocenters. The van der Waals surface area contributed by atoms with E-state index in [2.05, 4.69) is 21.0 Å². The standard InChI is InChI=1S/C11H11BrN2O4S/c1-2-8-5-11(15)14(13-8)9-3-7(12)4-10(6-9)19(16,17)18/h3-4,6H,2,5H2,1H3,(H,16,17,18). The van der Waals surface area contributed by atoms with Gasteiger partial charge >= 0.3 is 0 Å². The highest BCUT2D eigenvalue weighted by Crippen LogP contribution is 2.28. The lowest BCUT2D eigenvalue weighted by molar-refractivity contribution is -0.116. The Bertz CT molecular complexity index is 669. The first-order valence-corrected chi connectivity index (χ1v) is 7.72. The van der Waals surface area contributed by atoms with Gasteiger partial charge in [-0.15, -0.1) is 0 Å². The molecule has 102 valence electrons. The highest BCUT2D eigenvalue weighted by atomic mass is 79.9. The molecule has 1 aliphatic rings. The number of amides is 1. The molecular formula is C11H11BrN2O4S. The summed E-state index contributed by atoms with van der Waals surface area (Å²) >= 11 is 3.14. The number of hydrogen-bond acceptors (Lipinski definition) is 4. The number of carbonyl (C=O) groups is 1. The van der Waals surface area contributed by atoms with Gasteiger partial charge in [0.2, 0.25) is 0 Å². The fraction of sp³-hybridized carbons (Fsp3) is 0.273. The fourth-order valence-corrected chi connectivity index (χ4v) is 2.88. The summed E-state index contributed by atoms with van der Waals surface area (Å²) in [6, 6.07) is 4.03. The molecule has 0 unspecified atom stereocenters. The molecule has 0 aliphatic carbocycles. The molecule has 1 aromatic rings. The van der Waals surface area contributed by atoms with Crippen molar-refractivity contribution in [3.05, 3.63) is 22.7 Å². The van der Waals surface area contributed by atoms with Crippen LogP contribution in [-0.4, -0.2) is 24.6 Å². The lowest BCUT2D eigenvalue weighted by Gasteiger charge is -2.13. The third-order valence-corrected chi connectivity index (χ3v) is 3.93. The summed E-state index contributed by atoms with van der Waals surface area (Å²) in [5.41, 5.74) is 1.04. The quantitative estimate of drug-likeness (QED) is 0.849. The van der Waals surface area contributed by atoms with Crippen LogP contribution in [0.2, 0.25) is 0 Å². The zero-order chi connectivity index (χ0) is 14.2. The average molecular weight is 347 g/mol. The lowest BCUT2D eigenvalue weighted by Crippen LogP contribution is -2.19. The van der Waals surface area contributed by atoms with E-state index in [0.717, 1.165) is 10.7 Å². The van der Waals surface area contributed by atoms with Crippen molar-refractivity contribution in [2.45, 2.75) is 24.7 Å². The fourth-order valence-electron chi connectivity index (χ4n) is 1.70. The van der Waals surface area contributed by atoms with Crippen LogP contribution >= 0.6 is 15.9 Å². The second kappa shape index (κ2) is 5.03. The lowest BCUT2D eigenvalue weighted by atomic mass is 10.2. The molecule has 19 heavy (non-hydrogen) atoms. The van der Waals surface area contributed by atoms with Crippen molar-refractivity contribution in [1.82, 2.24) is 0 Å². The van der Waals surface area contributed by atoms with E-state index in [1.165, 1.54) is 12.1 Å². The minimum atomic E-state index is -4.33. The van der Waals surface area contributed by atoms with E-state index in [9.17, 15) is 13.2 Å². The molecule has 6 nitrogen and oxygen atoms in total. The highest BCUT2D eigenvalue weighted by Gasteiger charge is 2.25. The van der Waals surface area contributed by atoms with E-state index in [1.54, 1.807) is 6.07 Å². The van der Waals surface area contributed by atoms with Crippen LogP contribution in [0.5, 0.6) is 0 Å². The first-order chi connectivity index (χ1) is 8.81. The minimum Gasteiger partial charge on any atom is -0.282 e. The van der Waals surface area contributed by atoms with Gasteiger partial charge in [0.15, 0.2) is 0 Å². The van der Waals surface area contributed by atoms with E-state index in [0.29, 0.717) is 16.6 Å². The number of anilines is 1. The van der Waals surface area contributed by atoms with Crippen molar-refractivity contribution >= 4 is 43.4 Å². The van der Waals surface area contributed by atoms with E-state index in [4.69, 9.17) is 4.55 Å². The number of carbonyl (C=O) groups excluding carboxylic acids is 1. The van der Waals surface area contributed by atoms with E-state index < -0.39 is 10.1 Å². The Morgan fingerprint density at radius 2 is 2.11 bits per heavy atom. The first kappa shape index (κ1) is 14.2. The normalized spacial score (nSPS) is 15.8. The van der Waals surface area contributed by atoms with Gasteiger partial charge in [0.05, 0.1) is 17.0 Å². The number of hydrogen-bond donors (Lipinski definition) is 1. The SMILES string of the molecule is CCC1=NN(c2cc(Br)cc(S(=O)(=O)O)c2)C(=O)C1. The second-order valence-electron chi connectivity index (χ2n) is 4.02. The van der Waals surface area contributed by atoms with Gasteiger partial charge in [-0.25, -0.2) is 5.01 Å². The van der Waals surface area contributed by atoms with Crippen molar-refractivity contribution in [1.29, 1.82) is 0 Å². The van der Waals surface area contributed by atoms with Gasteiger partial charge in [-0.2, -0.15) is 13.5 Å². The smallest absolute Gasteiger partial charge is 0.282 e. The monoisotopic (exact) mass is 346 g/mol. The van der Waals surface area contributed by atoms with Crippen molar-refractivity contribution in [3.63, 3.8) is 0 Å². The van der Waals surface area contributed by atoms with Gasteiger partial charge in [0.1, 0.15) is 0 Å². The van der Waals surface area contributed by atoms with Gasteiger partial charge in [-0.1, -0.05) is 22.9 Å². The summed E-state index contributed by atoms with van der Waals surface area (Å²) in [5, 5.41) is 5.28. The second-order valence-corrected chi connectivity index (χ2v) is 6.36. The summed E-state index contributed by atoms with van der Waals surface area (Å²) in [4.78, 5) is 11.5. The molecule has 0 spiro atoms. The molecule has 0 fully saturated rings. The van der Waals surface area contributed by atoms with Crippen molar-refractivity contribution in [3.8, 4) is 0 Å². The van der Waals surface area contributed by atoms with Crippen molar-refractivity contribution in [2.24, 2.45) is 5.10 Å². The topological polar surface area (TPSA) is 87.0 Å². The van der Waals surface area contributed by atoms with Crippen LogP contribution < -0.4 is 5.01 Å². The summed E-state index contributed by atoms with van der Waals surface area (Å²) in [6.07, 6.45) is 0.881. The van der Waals surface area contributed by atoms with Gasteiger partial charge in [-0.3, -0.25) is 9.35 Å². The molecule has 2 rings (SSSR count). The zero-order valence-corrected chi connectivity index (χ0v) is 12.4. The van der Waals surface area contributed by atoms with Crippen LogP contribution in [-0.2, 0) is 14.9 Å². The summed E-state index contributed by atoms with van der Waals surface area (Å²) in [5.74, 6) is -0.226. The van der Waals surface area contributed by atoms with Crippen LogP contribution in [0.3, 0.4) is 0 Å². The maximum absolute atomic E-state index is 11.8. The van der Waals surface area contributed by atoms with Gasteiger partial charge in [-0.05, 0) is 24.6 Å². The first-order valence-electron chi connectivity index (χ1n) is 5.48. The molecule has 1 amide bonds. The maximum Gasteiger partial charge on any atom is 0.294 e. The molecule has 0 saturated carbocycles. The zero-order valence-electron chi connectivity index (χ0n) is 10.00. The van der Waals surface area contributed by atoms with E-state index in [1.807, 2.05) is 6.92 Å². The van der Waals surface area contributed by atoms with Crippen LogP contribution in [0.15, 0.2) is 32.7 Å². The number of halogens is 1. The molecule has 0 saturated heterocycles. The molecule has 1 N–H and O–H groups in total. The van der Waals surface area contributed by atoms with E-state index >= 15 is 0 Å². The molecule has 1 heterocycles. The number of rotatable bonds is 3. The highest BCUT2D eigenvalue weighted by molar-refractivity contribution is 9.10. The Morgan fingerprint density at radius 1 is 1.42 bits per heavy atom. The van der Waals surface area contributed by atoms with Gasteiger partial charge in [0.25, 0.3) is 16.0 Å². The van der Waals surface area contributed by atoms with Crippen LogP contribution in [0.1, 0.15) is 19.8 Å². The van der Waals surface area contributed by atoms with Crippen LogP contribution in [0.25, 0.3) is 0 Å². The van der Waals surface area contributed by atoms with Crippen LogP contribution in [0, 0.1) is 0 Å². The van der Waals surface area contributed by atoms with Crippen molar-refractivity contribution in [2.75, 3.05) is 5.01 Å². The third kappa shape index (κ3) is 3.02. The van der Waals surface area contributed by atoms with Crippen molar-refractivity contribution < 1.29 is 17.8 Å². The van der Waals surface area contributed by atoms with E-state index in [-0.39, 0.29) is 17.2 Å². The summed E-state index contributed by atoms with van der Waals surface area (Å²) in [6.45, 7) is 1.89. The Balaban J connectivity index is 2.49. The largest absolute Gasteiger partial charge is 0.294 e. The molecule has 0 bridgehead atoms. The molecule has 0 aromatic heterocycles.